The summed E-state index contributed by atoms with van der Waals surface area (Å²) in [5.74, 6) is 5.92. The van der Waals surface area contributed by atoms with E-state index in [1.54, 1.807) is 0 Å². The van der Waals surface area contributed by atoms with Crippen molar-refractivity contribution in [2.75, 3.05) is 12.9 Å². The molecular formula is C16H32O4SSi. The van der Waals surface area contributed by atoms with Crippen LogP contribution in [-0.4, -0.2) is 35.7 Å². The third kappa shape index (κ3) is 8.32. The third-order valence-corrected chi connectivity index (χ3v) is 8.87. The lowest BCUT2D eigenvalue weighted by Gasteiger charge is -2.35. The second-order valence-electron chi connectivity index (χ2n) is 8.23. The van der Waals surface area contributed by atoms with E-state index in [0.29, 0.717) is 13.0 Å². The van der Waals surface area contributed by atoms with Gasteiger partial charge in [0.15, 0.2) is 8.32 Å². The molecule has 0 fully saturated rings. The Balaban J connectivity index is 4.66. The maximum atomic E-state index is 11.3. The van der Waals surface area contributed by atoms with Gasteiger partial charge in [-0.25, -0.2) is 0 Å². The molecule has 1 atom stereocenters. The Bertz CT molecular complexity index is 513. The molecule has 0 bridgehead atoms. The van der Waals surface area contributed by atoms with E-state index < -0.39 is 24.5 Å². The van der Waals surface area contributed by atoms with Gasteiger partial charge in [0, 0.05) is 18.4 Å². The zero-order chi connectivity index (χ0) is 17.8. The van der Waals surface area contributed by atoms with Gasteiger partial charge in [-0.2, -0.15) is 8.42 Å². The minimum Gasteiger partial charge on any atom is -0.416 e. The van der Waals surface area contributed by atoms with Gasteiger partial charge in [-0.3, -0.25) is 4.18 Å². The predicted octanol–water partition coefficient (Wildman–Crippen LogP) is 3.79. The quantitative estimate of drug-likeness (QED) is 0.328. The van der Waals surface area contributed by atoms with Crippen LogP contribution in [0.25, 0.3) is 0 Å². The topological polar surface area (TPSA) is 52.6 Å². The lowest BCUT2D eigenvalue weighted by Crippen LogP contribution is -2.40. The molecule has 0 aromatic heterocycles. The summed E-state index contributed by atoms with van der Waals surface area (Å²) in [7, 11) is -5.27. The van der Waals surface area contributed by atoms with Crippen LogP contribution in [0.15, 0.2) is 0 Å². The predicted molar refractivity (Wildman–Crippen MR) is 94.7 cm³/mol. The van der Waals surface area contributed by atoms with Crippen LogP contribution in [0.4, 0.5) is 0 Å². The summed E-state index contributed by atoms with van der Waals surface area (Å²) in [6.07, 6.45) is 0.982. The first-order valence-corrected chi connectivity index (χ1v) is 12.3. The van der Waals surface area contributed by atoms with Gasteiger partial charge in [0.1, 0.15) is 6.10 Å². The van der Waals surface area contributed by atoms with Crippen molar-refractivity contribution in [3.05, 3.63) is 0 Å². The van der Waals surface area contributed by atoms with Gasteiger partial charge < -0.3 is 4.43 Å². The molecule has 22 heavy (non-hydrogen) atoms. The molecule has 0 heterocycles. The van der Waals surface area contributed by atoms with Crippen LogP contribution in [-0.2, 0) is 18.7 Å². The highest BCUT2D eigenvalue weighted by Gasteiger charge is 2.36. The van der Waals surface area contributed by atoms with Gasteiger partial charge >= 0.3 is 0 Å². The van der Waals surface area contributed by atoms with Gasteiger partial charge in [-0.15, -0.1) is 0 Å². The standard InChI is InChI=1S/C16H32O4SSi/c1-15(2,3)14(20-21(7,17)18)12-10-11-13-19-22(8,9)16(4,5)6/h14H,11,13H2,1-9H3. The molecule has 0 radical (unpaired) electrons. The Morgan fingerprint density at radius 3 is 1.95 bits per heavy atom. The van der Waals surface area contributed by atoms with Crippen LogP contribution < -0.4 is 0 Å². The Morgan fingerprint density at radius 1 is 1.09 bits per heavy atom. The lowest BCUT2D eigenvalue weighted by molar-refractivity contribution is 0.144. The fourth-order valence-corrected chi connectivity index (χ4v) is 3.03. The first-order valence-electron chi connectivity index (χ1n) is 7.57. The second kappa shape index (κ2) is 7.48. The van der Waals surface area contributed by atoms with Crippen molar-refractivity contribution in [3.63, 3.8) is 0 Å². The average Bonchev–Trinajstić information content (AvgIpc) is 2.22. The summed E-state index contributed by atoms with van der Waals surface area (Å²) < 4.78 is 33.7. The summed E-state index contributed by atoms with van der Waals surface area (Å²) in [4.78, 5) is 0. The summed E-state index contributed by atoms with van der Waals surface area (Å²) in [5, 5.41) is 0.174. The Labute approximate surface area is 138 Å². The first-order chi connectivity index (χ1) is 9.56. The maximum Gasteiger partial charge on any atom is 0.265 e. The second-order valence-corrected chi connectivity index (χ2v) is 14.6. The van der Waals surface area contributed by atoms with E-state index in [-0.39, 0.29) is 10.5 Å². The van der Waals surface area contributed by atoms with Gasteiger partial charge in [0.05, 0.1) is 6.26 Å². The SMILES string of the molecule is CC(C)(C)C(C#CCCO[Si](C)(C)C(C)(C)C)OS(C)(=O)=O. The van der Waals surface area contributed by atoms with E-state index in [9.17, 15) is 8.42 Å². The van der Waals surface area contributed by atoms with Gasteiger partial charge in [-0.1, -0.05) is 53.4 Å². The van der Waals surface area contributed by atoms with Crippen molar-refractivity contribution in [2.24, 2.45) is 5.41 Å². The normalized spacial score (nSPS) is 15.1. The molecular weight excluding hydrogens is 316 g/mol. The minimum absolute atomic E-state index is 0.174. The number of hydrogen-bond acceptors (Lipinski definition) is 4. The van der Waals surface area contributed by atoms with E-state index >= 15 is 0 Å². The summed E-state index contributed by atoms with van der Waals surface area (Å²) in [6.45, 7) is 17.3. The molecule has 0 aliphatic heterocycles. The fraction of sp³-hybridized carbons (Fsp3) is 0.875. The largest absolute Gasteiger partial charge is 0.416 e. The number of hydrogen-bond donors (Lipinski definition) is 0. The van der Waals surface area contributed by atoms with Gasteiger partial charge in [0.25, 0.3) is 10.1 Å². The Kier molecular flexibility index (Phi) is 7.36. The molecule has 0 aromatic carbocycles. The van der Waals surface area contributed by atoms with Crippen molar-refractivity contribution in [1.29, 1.82) is 0 Å². The van der Waals surface area contributed by atoms with E-state index in [1.807, 2.05) is 20.8 Å². The Morgan fingerprint density at radius 2 is 1.59 bits per heavy atom. The average molecular weight is 349 g/mol. The van der Waals surface area contributed by atoms with Crippen molar-refractivity contribution in [2.45, 2.75) is 72.2 Å². The van der Waals surface area contributed by atoms with Crippen LogP contribution >= 0.6 is 0 Å². The molecule has 0 aliphatic carbocycles. The monoisotopic (exact) mass is 348 g/mol. The van der Waals surface area contributed by atoms with E-state index in [0.717, 1.165) is 6.26 Å². The van der Waals surface area contributed by atoms with Crippen LogP contribution in [0, 0.1) is 17.3 Å². The fourth-order valence-electron chi connectivity index (χ4n) is 1.30. The van der Waals surface area contributed by atoms with E-state index in [2.05, 4.69) is 45.7 Å². The smallest absolute Gasteiger partial charge is 0.265 e. The van der Waals surface area contributed by atoms with Crippen LogP contribution in [0.5, 0.6) is 0 Å². The van der Waals surface area contributed by atoms with Crippen molar-refractivity contribution >= 4 is 18.4 Å². The van der Waals surface area contributed by atoms with Gasteiger partial charge in [0.2, 0.25) is 0 Å². The summed E-state index contributed by atoms with van der Waals surface area (Å²) in [5.41, 5.74) is -0.365. The number of rotatable bonds is 5. The van der Waals surface area contributed by atoms with E-state index in [4.69, 9.17) is 8.61 Å². The van der Waals surface area contributed by atoms with Crippen LogP contribution in [0.2, 0.25) is 18.1 Å². The zero-order valence-electron chi connectivity index (χ0n) is 15.5. The molecule has 0 aromatic rings. The Hall–Kier alpha value is -0.353. The molecule has 0 saturated carbocycles. The van der Waals surface area contributed by atoms with Crippen LogP contribution in [0.1, 0.15) is 48.0 Å². The highest BCUT2D eigenvalue weighted by molar-refractivity contribution is 7.86. The zero-order valence-corrected chi connectivity index (χ0v) is 17.3. The molecule has 0 rings (SSSR count). The van der Waals surface area contributed by atoms with Crippen molar-refractivity contribution in [1.82, 2.24) is 0 Å². The molecule has 6 heteroatoms. The van der Waals surface area contributed by atoms with E-state index in [1.165, 1.54) is 0 Å². The van der Waals surface area contributed by atoms with Crippen molar-refractivity contribution < 1.29 is 17.0 Å². The third-order valence-electron chi connectivity index (χ3n) is 3.79. The summed E-state index contributed by atoms with van der Waals surface area (Å²) in [6, 6.07) is 0. The molecule has 0 amide bonds. The van der Waals surface area contributed by atoms with Crippen LogP contribution in [0.3, 0.4) is 0 Å². The van der Waals surface area contributed by atoms with Crippen molar-refractivity contribution in [3.8, 4) is 11.8 Å². The molecule has 1 unspecified atom stereocenters. The lowest BCUT2D eigenvalue weighted by atomic mass is 9.89. The summed E-state index contributed by atoms with van der Waals surface area (Å²) >= 11 is 0. The molecule has 4 nitrogen and oxygen atoms in total. The van der Waals surface area contributed by atoms with Gasteiger partial charge in [-0.05, 0) is 18.1 Å². The molecule has 0 N–H and O–H groups in total. The first kappa shape index (κ1) is 21.6. The molecule has 0 spiro atoms. The molecule has 130 valence electrons. The molecule has 0 aliphatic rings. The minimum atomic E-state index is -3.52. The maximum absolute atomic E-state index is 11.3. The molecule has 0 saturated heterocycles. The highest BCUT2D eigenvalue weighted by atomic mass is 32.2. The highest BCUT2D eigenvalue weighted by Crippen LogP contribution is 2.36.